The van der Waals surface area contributed by atoms with Gasteiger partial charge in [-0.25, -0.2) is 0 Å². The molecular formula is LiO4PW+2. The van der Waals surface area contributed by atoms with E-state index in [1.165, 1.54) is 0 Å². The molecule has 0 aliphatic carbocycles. The van der Waals surface area contributed by atoms with Gasteiger partial charge < -0.3 is 19.2 Å². The number of rotatable bonds is 0. The van der Waals surface area contributed by atoms with Crippen LogP contribution in [0.5, 0.6) is 0 Å². The Morgan fingerprint density at radius 2 is 1.14 bits per heavy atom. The van der Waals surface area contributed by atoms with Crippen LogP contribution in [0.1, 0.15) is 0 Å². The van der Waals surface area contributed by atoms with Crippen LogP contribution in [0.3, 0.4) is 0 Å². The Labute approximate surface area is 67.0 Å². The molecule has 0 heterocycles. The summed E-state index contributed by atoms with van der Waals surface area (Å²) in [5, 5.41) is 0. The summed E-state index contributed by atoms with van der Waals surface area (Å²) in [7, 11) is -5.39. The third-order valence-corrected chi connectivity index (χ3v) is 0. The third-order valence-electron chi connectivity index (χ3n) is 0. The number of hydrogen-bond donors (Lipinski definition) is 0. The molecule has 0 atom stereocenters. The molecule has 0 aliphatic heterocycles. The van der Waals surface area contributed by atoms with Gasteiger partial charge in [0.25, 0.3) is 0 Å². The van der Waals surface area contributed by atoms with Gasteiger partial charge in [-0.3, -0.25) is 0 Å². The van der Waals surface area contributed by atoms with Gasteiger partial charge in [0.2, 0.25) is 0 Å². The molecule has 4 nitrogen and oxygen atoms in total. The SMILES string of the molecule is O=P([O-])([O-])[O-].[Li+].[W+4]. The van der Waals surface area contributed by atoms with Crippen LogP contribution >= 0.6 is 7.82 Å². The van der Waals surface area contributed by atoms with Crippen LogP contribution in [0.2, 0.25) is 0 Å². The molecule has 7 heavy (non-hydrogen) atoms. The Morgan fingerprint density at radius 1 is 1.14 bits per heavy atom. The Balaban J connectivity index is -0.0000000800. The zero-order chi connectivity index (χ0) is 4.50. The van der Waals surface area contributed by atoms with Crippen molar-refractivity contribution in [2.45, 2.75) is 0 Å². The monoisotopic (exact) mass is 286 g/mol. The summed E-state index contributed by atoms with van der Waals surface area (Å²) in [6.07, 6.45) is 0. The van der Waals surface area contributed by atoms with Crippen molar-refractivity contribution in [1.82, 2.24) is 0 Å². The summed E-state index contributed by atoms with van der Waals surface area (Å²) in [6.45, 7) is 0. The zero-order valence-electron chi connectivity index (χ0n) is 3.49. The molecule has 7 heteroatoms. The first-order valence-corrected chi connectivity index (χ1v) is 2.19. The molecule has 0 saturated carbocycles. The maximum atomic E-state index is 8.55. The second-order valence-corrected chi connectivity index (χ2v) is 1.34. The Bertz CT molecular complexity index is 57.8. The standard InChI is InChI=1S/Li.H3O4P.W/c;1-5(2,3)4;/h;(H3,1,2,3,4);/q+1;;+4/p-3. The molecule has 0 bridgehead atoms. The summed E-state index contributed by atoms with van der Waals surface area (Å²) in [4.78, 5) is 25.6. The smallest absolute Gasteiger partial charge is 0.822 e. The molecule has 34 valence electrons. The van der Waals surface area contributed by atoms with Crippen molar-refractivity contribution < 1.29 is 59.2 Å². The van der Waals surface area contributed by atoms with Crippen molar-refractivity contribution in [2.24, 2.45) is 0 Å². The Kier molecular flexibility index (Phi) is 12.5. The predicted octanol–water partition coefficient (Wildman–Crippen LogP) is -5.82. The summed E-state index contributed by atoms with van der Waals surface area (Å²) in [5.74, 6) is 0. The van der Waals surface area contributed by atoms with E-state index in [0.717, 1.165) is 0 Å². The van der Waals surface area contributed by atoms with Crippen LogP contribution in [-0.2, 0) is 25.6 Å². The van der Waals surface area contributed by atoms with Crippen molar-refractivity contribution >= 4 is 7.82 Å². The van der Waals surface area contributed by atoms with Crippen LogP contribution in [-0.4, -0.2) is 0 Å². The molecule has 0 rings (SSSR count). The van der Waals surface area contributed by atoms with Gasteiger partial charge in [-0.15, -0.1) is 0 Å². The van der Waals surface area contributed by atoms with Gasteiger partial charge in [-0.1, -0.05) is 0 Å². The van der Waals surface area contributed by atoms with Crippen molar-refractivity contribution in [3.8, 4) is 0 Å². The first-order valence-electron chi connectivity index (χ1n) is 0.730. The van der Waals surface area contributed by atoms with Gasteiger partial charge in [0, 0.05) is 0 Å². The molecule has 0 N–H and O–H groups in total. The average molecular weight is 286 g/mol. The fourth-order valence-corrected chi connectivity index (χ4v) is 0. The fourth-order valence-electron chi connectivity index (χ4n) is 0. The van der Waals surface area contributed by atoms with E-state index in [1.807, 2.05) is 0 Å². The van der Waals surface area contributed by atoms with Gasteiger partial charge in [0.15, 0.2) is 0 Å². The predicted molar refractivity (Wildman–Crippen MR) is 7.61 cm³/mol. The van der Waals surface area contributed by atoms with Gasteiger partial charge >= 0.3 is 39.9 Å². The summed E-state index contributed by atoms with van der Waals surface area (Å²) in [6, 6.07) is 0. The molecule has 0 aromatic rings. The first kappa shape index (κ1) is 15.8. The van der Waals surface area contributed by atoms with Crippen LogP contribution in [0.15, 0.2) is 0 Å². The van der Waals surface area contributed by atoms with E-state index in [9.17, 15) is 0 Å². The van der Waals surface area contributed by atoms with Crippen molar-refractivity contribution in [2.75, 3.05) is 0 Å². The molecule has 0 aromatic carbocycles. The number of hydrogen-bond acceptors (Lipinski definition) is 4. The topological polar surface area (TPSA) is 86.2 Å². The molecule has 0 aromatic heterocycles. The molecule has 0 amide bonds. The second kappa shape index (κ2) is 5.53. The van der Waals surface area contributed by atoms with E-state index in [0.29, 0.717) is 0 Å². The van der Waals surface area contributed by atoms with E-state index in [1.54, 1.807) is 0 Å². The van der Waals surface area contributed by atoms with Crippen LogP contribution < -0.4 is 33.5 Å². The van der Waals surface area contributed by atoms with E-state index >= 15 is 0 Å². The largest absolute Gasteiger partial charge is 4.00 e. The second-order valence-electron chi connectivity index (χ2n) is 0.447. The van der Waals surface area contributed by atoms with E-state index in [2.05, 4.69) is 0 Å². The van der Waals surface area contributed by atoms with Crippen LogP contribution in [0.25, 0.3) is 0 Å². The van der Waals surface area contributed by atoms with Gasteiger partial charge in [0.05, 0.1) is 0 Å². The van der Waals surface area contributed by atoms with E-state index in [-0.39, 0.29) is 39.9 Å². The van der Waals surface area contributed by atoms with Crippen molar-refractivity contribution in [3.63, 3.8) is 0 Å². The zero-order valence-corrected chi connectivity index (χ0v) is 7.32. The summed E-state index contributed by atoms with van der Waals surface area (Å²) < 4.78 is 8.55. The minimum atomic E-state index is -5.39. The molecule has 0 saturated heterocycles. The maximum absolute atomic E-state index is 8.55. The van der Waals surface area contributed by atoms with Crippen molar-refractivity contribution in [1.29, 1.82) is 0 Å². The normalized spacial score (nSPS) is 8.43. The average Bonchev–Trinajstić information content (AvgIpc) is 0.722. The van der Waals surface area contributed by atoms with E-state index in [4.69, 9.17) is 19.2 Å². The molecule has 0 aliphatic rings. The first-order chi connectivity index (χ1) is 2.00. The minimum absolute atomic E-state index is 0. The molecule has 0 fully saturated rings. The van der Waals surface area contributed by atoms with Gasteiger partial charge in [-0.2, -0.15) is 7.82 Å². The third kappa shape index (κ3) is 111. The fraction of sp³-hybridized carbons (Fsp3) is 0. The van der Waals surface area contributed by atoms with Crippen LogP contribution in [0, 0.1) is 0 Å². The molecule has 0 unspecified atom stereocenters. The quantitative estimate of drug-likeness (QED) is 0.328. The Morgan fingerprint density at radius 3 is 1.14 bits per heavy atom. The molecule has 0 spiro atoms. The van der Waals surface area contributed by atoms with Crippen LogP contribution in [0.4, 0.5) is 0 Å². The maximum Gasteiger partial charge on any atom is 4.00 e. The van der Waals surface area contributed by atoms with E-state index < -0.39 is 7.82 Å². The summed E-state index contributed by atoms with van der Waals surface area (Å²) in [5.41, 5.74) is 0. The summed E-state index contributed by atoms with van der Waals surface area (Å²) >= 11 is 0. The minimum Gasteiger partial charge on any atom is -0.822 e. The molecule has 0 radical (unpaired) electrons. The van der Waals surface area contributed by atoms with Gasteiger partial charge in [0.1, 0.15) is 0 Å². The molecular weight excluding hydrogens is 286 g/mol. The van der Waals surface area contributed by atoms with Gasteiger partial charge in [-0.05, 0) is 0 Å². The Hall–Kier alpha value is 1.40. The number of phosphoric acid groups is 1. The van der Waals surface area contributed by atoms with Crippen molar-refractivity contribution in [3.05, 3.63) is 0 Å².